The zero-order valence-electron chi connectivity index (χ0n) is 9.12. The van der Waals surface area contributed by atoms with E-state index in [1.165, 1.54) is 6.07 Å². The van der Waals surface area contributed by atoms with Gasteiger partial charge in [-0.2, -0.15) is 25.8 Å². The molecule has 0 bridgehead atoms. The molecule has 8 heteroatoms. The fraction of sp³-hybridized carbons (Fsp3) is 0.556. The first-order chi connectivity index (χ1) is 8.05. The van der Waals surface area contributed by atoms with Gasteiger partial charge in [0.15, 0.2) is 0 Å². The molecule has 1 aliphatic heterocycles. The van der Waals surface area contributed by atoms with Gasteiger partial charge >= 0.3 is 6.18 Å². The smallest absolute Gasteiger partial charge is 0.365 e. The number of anilines is 1. The van der Waals surface area contributed by atoms with Crippen molar-refractivity contribution in [3.8, 4) is 0 Å². The first kappa shape index (κ1) is 14.0. The van der Waals surface area contributed by atoms with Crippen molar-refractivity contribution in [2.75, 3.05) is 24.7 Å². The van der Waals surface area contributed by atoms with E-state index >= 15 is 0 Å². The van der Waals surface area contributed by atoms with Crippen LogP contribution >= 0.6 is 12.6 Å². The van der Waals surface area contributed by atoms with E-state index in [1.807, 2.05) is 0 Å². The Kier molecular flexibility index (Phi) is 5.01. The van der Waals surface area contributed by atoms with Gasteiger partial charge < -0.3 is 10.6 Å². The maximum absolute atomic E-state index is 12.2. The van der Waals surface area contributed by atoms with Crippen molar-refractivity contribution < 1.29 is 13.2 Å². The predicted octanol–water partition coefficient (Wildman–Crippen LogP) is 1.43. The number of halogens is 3. The van der Waals surface area contributed by atoms with E-state index in [0.29, 0.717) is 0 Å². The summed E-state index contributed by atoms with van der Waals surface area (Å²) in [6.07, 6.45) is -1.69. The Labute approximate surface area is 102 Å². The van der Waals surface area contributed by atoms with E-state index in [1.54, 1.807) is 6.26 Å². The Morgan fingerprint density at radius 3 is 2.53 bits per heavy atom. The summed E-state index contributed by atoms with van der Waals surface area (Å²) < 4.78 is 36.7. The average Bonchev–Trinajstić information content (AvgIpc) is 2.26. The first-order valence-corrected chi connectivity index (χ1v) is 5.77. The maximum Gasteiger partial charge on any atom is 0.451 e. The molecule has 0 amide bonds. The molecular formula is C9H13F3N4S. The number of nitrogens with one attached hydrogen (secondary N) is 2. The molecule has 0 unspecified atom stereocenters. The first-order valence-electron chi connectivity index (χ1n) is 4.88. The van der Waals surface area contributed by atoms with Crippen LogP contribution < -0.4 is 10.6 Å². The van der Waals surface area contributed by atoms with E-state index < -0.39 is 12.0 Å². The van der Waals surface area contributed by atoms with Gasteiger partial charge in [-0.25, -0.2) is 9.97 Å². The summed E-state index contributed by atoms with van der Waals surface area (Å²) in [4.78, 5) is 6.56. The molecule has 0 aromatic carbocycles. The molecule has 1 saturated heterocycles. The van der Waals surface area contributed by atoms with Gasteiger partial charge in [0.25, 0.3) is 0 Å². The Bertz CT molecular complexity index is 354. The Hall–Kier alpha value is -1.02. The lowest BCUT2D eigenvalue weighted by atomic mass is 10.2. The fourth-order valence-corrected chi connectivity index (χ4v) is 1.18. The highest BCUT2D eigenvalue weighted by Crippen LogP contribution is 2.26. The topological polar surface area (TPSA) is 49.8 Å². The predicted molar refractivity (Wildman–Crippen MR) is 62.2 cm³/mol. The summed E-state index contributed by atoms with van der Waals surface area (Å²) in [5.41, 5.74) is 0. The molecule has 2 rings (SSSR count). The van der Waals surface area contributed by atoms with E-state index in [2.05, 4.69) is 33.2 Å². The molecule has 2 N–H and O–H groups in total. The second-order valence-corrected chi connectivity index (χ2v) is 3.26. The quantitative estimate of drug-likeness (QED) is 0.709. The zero-order chi connectivity index (χ0) is 12.9. The van der Waals surface area contributed by atoms with E-state index in [0.717, 1.165) is 19.3 Å². The highest BCUT2D eigenvalue weighted by Gasteiger charge is 2.34. The average molecular weight is 266 g/mol. The second-order valence-electron chi connectivity index (χ2n) is 3.26. The van der Waals surface area contributed by atoms with Crippen LogP contribution in [0.3, 0.4) is 0 Å². The van der Waals surface area contributed by atoms with Gasteiger partial charge in [-0.3, -0.25) is 0 Å². The number of hydrogen-bond acceptors (Lipinski definition) is 5. The molecule has 17 heavy (non-hydrogen) atoms. The SMILES string of the molecule is CS.FC(F)(F)c1nccc(NC2CNC2)n1. The molecule has 2 heterocycles. The molecule has 4 nitrogen and oxygen atoms in total. The zero-order valence-corrected chi connectivity index (χ0v) is 10.0. The molecule has 0 radical (unpaired) electrons. The number of nitrogens with zero attached hydrogens (tertiary/aromatic N) is 2. The minimum absolute atomic E-state index is 0.154. The Balaban J connectivity index is 0.000000686. The van der Waals surface area contributed by atoms with E-state index in [4.69, 9.17) is 0 Å². The number of thiol groups is 1. The summed E-state index contributed by atoms with van der Waals surface area (Å²) in [6, 6.07) is 1.58. The lowest BCUT2D eigenvalue weighted by molar-refractivity contribution is -0.144. The van der Waals surface area contributed by atoms with Crippen LogP contribution in [-0.4, -0.2) is 35.4 Å². The normalized spacial score (nSPS) is 15.6. The summed E-state index contributed by atoms with van der Waals surface area (Å²) in [6.45, 7) is 1.48. The van der Waals surface area contributed by atoms with Crippen molar-refractivity contribution in [2.45, 2.75) is 12.2 Å². The number of rotatable bonds is 2. The summed E-state index contributed by atoms with van der Waals surface area (Å²) >= 11 is 3.53. The van der Waals surface area contributed by atoms with Crippen LogP contribution in [0.5, 0.6) is 0 Å². The lowest BCUT2D eigenvalue weighted by Crippen LogP contribution is -2.51. The largest absolute Gasteiger partial charge is 0.451 e. The molecule has 0 spiro atoms. The second kappa shape index (κ2) is 6.06. The van der Waals surface area contributed by atoms with Gasteiger partial charge in [0.1, 0.15) is 5.82 Å². The van der Waals surface area contributed by atoms with Gasteiger partial charge in [0.05, 0.1) is 6.04 Å². The van der Waals surface area contributed by atoms with Crippen LogP contribution in [0.15, 0.2) is 12.3 Å². The number of alkyl halides is 3. The van der Waals surface area contributed by atoms with Crippen molar-refractivity contribution in [1.82, 2.24) is 15.3 Å². The summed E-state index contributed by atoms with van der Waals surface area (Å²) in [5.74, 6) is -0.899. The monoisotopic (exact) mass is 266 g/mol. The third-order valence-electron chi connectivity index (χ3n) is 2.04. The van der Waals surface area contributed by atoms with Gasteiger partial charge in [0.2, 0.25) is 5.82 Å². The van der Waals surface area contributed by atoms with Crippen LogP contribution in [0.2, 0.25) is 0 Å². The van der Waals surface area contributed by atoms with E-state index in [-0.39, 0.29) is 11.9 Å². The van der Waals surface area contributed by atoms with Crippen molar-refractivity contribution in [3.63, 3.8) is 0 Å². The Morgan fingerprint density at radius 1 is 1.41 bits per heavy atom. The maximum atomic E-state index is 12.2. The fourth-order valence-electron chi connectivity index (χ4n) is 1.18. The molecule has 0 atom stereocenters. The van der Waals surface area contributed by atoms with E-state index in [9.17, 15) is 13.2 Å². The molecule has 0 aliphatic carbocycles. The molecular weight excluding hydrogens is 253 g/mol. The van der Waals surface area contributed by atoms with Gasteiger partial charge in [-0.15, -0.1) is 0 Å². The third-order valence-corrected chi connectivity index (χ3v) is 2.04. The minimum atomic E-state index is -4.49. The minimum Gasteiger partial charge on any atom is -0.365 e. The van der Waals surface area contributed by atoms with Gasteiger partial charge in [-0.05, 0) is 12.3 Å². The van der Waals surface area contributed by atoms with Crippen LogP contribution in [0.25, 0.3) is 0 Å². The molecule has 1 aliphatic rings. The number of hydrogen-bond donors (Lipinski definition) is 3. The van der Waals surface area contributed by atoms with Crippen LogP contribution in [0.1, 0.15) is 5.82 Å². The van der Waals surface area contributed by atoms with Crippen LogP contribution in [0, 0.1) is 0 Å². The molecule has 1 aromatic heterocycles. The standard InChI is InChI=1S/C8H9F3N4.CH4S/c9-8(10,11)7-13-2-1-6(15-7)14-5-3-12-4-5;1-2/h1-2,5,12H,3-4H2,(H,13,14,15);2H,1H3. The molecule has 1 aromatic rings. The highest BCUT2D eigenvalue weighted by molar-refractivity contribution is 7.79. The lowest BCUT2D eigenvalue weighted by Gasteiger charge is -2.28. The van der Waals surface area contributed by atoms with Gasteiger partial charge in [-0.1, -0.05) is 0 Å². The highest BCUT2D eigenvalue weighted by atomic mass is 32.1. The van der Waals surface area contributed by atoms with Crippen molar-refractivity contribution in [1.29, 1.82) is 0 Å². The Morgan fingerprint density at radius 2 is 2.06 bits per heavy atom. The summed E-state index contributed by atoms with van der Waals surface area (Å²) in [7, 11) is 0. The van der Waals surface area contributed by atoms with Crippen molar-refractivity contribution in [2.24, 2.45) is 0 Å². The third kappa shape index (κ3) is 4.04. The molecule has 96 valence electrons. The van der Waals surface area contributed by atoms with Crippen LogP contribution in [0.4, 0.5) is 19.0 Å². The number of aromatic nitrogens is 2. The molecule has 1 fully saturated rings. The molecule has 0 saturated carbocycles. The summed E-state index contributed by atoms with van der Waals surface area (Å²) in [5, 5.41) is 5.88. The van der Waals surface area contributed by atoms with Crippen molar-refractivity contribution in [3.05, 3.63) is 18.1 Å². The van der Waals surface area contributed by atoms with Crippen LogP contribution in [-0.2, 0) is 6.18 Å². The van der Waals surface area contributed by atoms with Crippen molar-refractivity contribution >= 4 is 18.4 Å². The van der Waals surface area contributed by atoms with Gasteiger partial charge in [0, 0.05) is 19.3 Å².